The van der Waals surface area contributed by atoms with Crippen LogP contribution in [0.3, 0.4) is 0 Å². The minimum atomic E-state index is 0.816. The molecule has 1 aromatic rings. The van der Waals surface area contributed by atoms with Crippen molar-refractivity contribution in [3.63, 3.8) is 0 Å². The Hall–Kier alpha value is -0.990. The van der Waals surface area contributed by atoms with Gasteiger partial charge in [-0.3, -0.25) is 0 Å². The quantitative estimate of drug-likeness (QED) is 0.666. The van der Waals surface area contributed by atoms with Gasteiger partial charge in [0.15, 0.2) is 0 Å². The predicted molar refractivity (Wildman–Crippen MR) is 79.1 cm³/mol. The van der Waals surface area contributed by atoms with Crippen LogP contribution in [-0.4, -0.2) is 16.1 Å². The van der Waals surface area contributed by atoms with E-state index in [0.717, 1.165) is 30.6 Å². The summed E-state index contributed by atoms with van der Waals surface area (Å²) in [6.45, 7) is 11.0. The SMILES string of the molecule is CCCCNc1nc(C)cn1CCCCC(C)C. The molecule has 1 rings (SSSR count). The highest BCUT2D eigenvalue weighted by Gasteiger charge is 2.04. The van der Waals surface area contributed by atoms with Crippen molar-refractivity contribution >= 4 is 5.95 Å². The van der Waals surface area contributed by atoms with Gasteiger partial charge in [-0.1, -0.05) is 40.0 Å². The van der Waals surface area contributed by atoms with E-state index in [1.54, 1.807) is 0 Å². The Balaban J connectivity index is 2.38. The van der Waals surface area contributed by atoms with Crippen LogP contribution in [0.25, 0.3) is 0 Å². The molecule has 1 N–H and O–H groups in total. The minimum absolute atomic E-state index is 0.816. The molecule has 1 aromatic heterocycles. The normalized spacial score (nSPS) is 11.2. The maximum absolute atomic E-state index is 4.55. The topological polar surface area (TPSA) is 29.9 Å². The highest BCUT2D eigenvalue weighted by molar-refractivity contribution is 5.28. The molecule has 0 aliphatic heterocycles. The molecule has 0 aromatic carbocycles. The molecule has 0 fully saturated rings. The Kier molecular flexibility index (Phi) is 6.84. The molecule has 0 atom stereocenters. The van der Waals surface area contributed by atoms with Gasteiger partial charge in [0.1, 0.15) is 0 Å². The Morgan fingerprint density at radius 3 is 2.72 bits per heavy atom. The van der Waals surface area contributed by atoms with E-state index in [9.17, 15) is 0 Å². The number of aryl methyl sites for hydroxylation is 2. The van der Waals surface area contributed by atoms with Crippen LogP contribution in [0.15, 0.2) is 6.20 Å². The number of rotatable bonds is 9. The van der Waals surface area contributed by atoms with E-state index in [4.69, 9.17) is 0 Å². The first kappa shape index (κ1) is 15.1. The summed E-state index contributed by atoms with van der Waals surface area (Å²) >= 11 is 0. The Morgan fingerprint density at radius 1 is 1.28 bits per heavy atom. The summed E-state index contributed by atoms with van der Waals surface area (Å²) in [6.07, 6.45) is 8.47. The van der Waals surface area contributed by atoms with Crippen molar-refractivity contribution in [3.8, 4) is 0 Å². The fourth-order valence-electron chi connectivity index (χ4n) is 2.07. The molecule has 0 aliphatic carbocycles. The first-order chi connectivity index (χ1) is 8.63. The molecule has 0 saturated carbocycles. The van der Waals surface area contributed by atoms with Crippen molar-refractivity contribution in [1.82, 2.24) is 9.55 Å². The third kappa shape index (κ3) is 5.56. The minimum Gasteiger partial charge on any atom is -0.356 e. The number of imidazole rings is 1. The second-order valence-corrected chi connectivity index (χ2v) is 5.57. The first-order valence-corrected chi connectivity index (χ1v) is 7.41. The maximum atomic E-state index is 4.55. The zero-order chi connectivity index (χ0) is 13.4. The Labute approximate surface area is 112 Å². The van der Waals surface area contributed by atoms with Gasteiger partial charge < -0.3 is 9.88 Å². The standard InChI is InChI=1S/C15H29N3/c1-5-6-10-16-15-17-14(4)12-18(15)11-8-7-9-13(2)3/h12-13H,5-11H2,1-4H3,(H,16,17). The van der Waals surface area contributed by atoms with Gasteiger partial charge in [-0.25, -0.2) is 4.98 Å². The number of hydrogen-bond acceptors (Lipinski definition) is 2. The molecule has 0 unspecified atom stereocenters. The van der Waals surface area contributed by atoms with Crippen molar-refractivity contribution in [1.29, 1.82) is 0 Å². The monoisotopic (exact) mass is 251 g/mol. The predicted octanol–water partition coefficient (Wildman–Crippen LogP) is 4.23. The molecule has 3 nitrogen and oxygen atoms in total. The van der Waals surface area contributed by atoms with Crippen LogP contribution in [0.1, 0.15) is 58.6 Å². The third-order valence-corrected chi connectivity index (χ3v) is 3.14. The summed E-state index contributed by atoms with van der Waals surface area (Å²) in [5.74, 6) is 1.86. The number of aromatic nitrogens is 2. The van der Waals surface area contributed by atoms with Gasteiger partial charge in [-0.15, -0.1) is 0 Å². The average Bonchev–Trinajstić information content (AvgIpc) is 2.65. The fraction of sp³-hybridized carbons (Fsp3) is 0.800. The van der Waals surface area contributed by atoms with Gasteiger partial charge in [0.05, 0.1) is 5.69 Å². The van der Waals surface area contributed by atoms with Crippen LogP contribution in [0.2, 0.25) is 0 Å². The van der Waals surface area contributed by atoms with E-state index in [1.807, 2.05) is 0 Å². The summed E-state index contributed by atoms with van der Waals surface area (Å²) in [5.41, 5.74) is 1.11. The molecule has 0 bridgehead atoms. The summed E-state index contributed by atoms with van der Waals surface area (Å²) in [6, 6.07) is 0. The summed E-state index contributed by atoms with van der Waals surface area (Å²) < 4.78 is 2.27. The lowest BCUT2D eigenvalue weighted by Gasteiger charge is -2.10. The van der Waals surface area contributed by atoms with Crippen molar-refractivity contribution in [2.45, 2.75) is 66.3 Å². The number of nitrogens with one attached hydrogen (secondary N) is 1. The van der Waals surface area contributed by atoms with E-state index in [0.29, 0.717) is 0 Å². The van der Waals surface area contributed by atoms with Crippen LogP contribution in [0.5, 0.6) is 0 Å². The molecular weight excluding hydrogens is 222 g/mol. The van der Waals surface area contributed by atoms with Gasteiger partial charge in [-0.05, 0) is 25.7 Å². The van der Waals surface area contributed by atoms with Gasteiger partial charge in [-0.2, -0.15) is 0 Å². The van der Waals surface area contributed by atoms with Crippen molar-refractivity contribution in [2.75, 3.05) is 11.9 Å². The molecule has 0 spiro atoms. The molecule has 18 heavy (non-hydrogen) atoms. The number of unbranched alkanes of at least 4 members (excludes halogenated alkanes) is 2. The second-order valence-electron chi connectivity index (χ2n) is 5.57. The molecule has 0 radical (unpaired) electrons. The molecule has 1 heterocycles. The van der Waals surface area contributed by atoms with E-state index >= 15 is 0 Å². The number of nitrogens with zero attached hydrogens (tertiary/aromatic N) is 2. The molecular formula is C15H29N3. The maximum Gasteiger partial charge on any atom is 0.203 e. The molecule has 0 amide bonds. The first-order valence-electron chi connectivity index (χ1n) is 7.41. The summed E-state index contributed by atoms with van der Waals surface area (Å²) in [7, 11) is 0. The van der Waals surface area contributed by atoms with Gasteiger partial charge in [0.2, 0.25) is 5.95 Å². The van der Waals surface area contributed by atoms with E-state index in [2.05, 4.69) is 48.8 Å². The van der Waals surface area contributed by atoms with E-state index in [-0.39, 0.29) is 0 Å². The van der Waals surface area contributed by atoms with E-state index < -0.39 is 0 Å². The zero-order valence-corrected chi connectivity index (χ0v) is 12.5. The highest BCUT2D eigenvalue weighted by atomic mass is 15.2. The van der Waals surface area contributed by atoms with Crippen LogP contribution < -0.4 is 5.32 Å². The fourth-order valence-corrected chi connectivity index (χ4v) is 2.07. The lowest BCUT2D eigenvalue weighted by molar-refractivity contribution is 0.510. The average molecular weight is 251 g/mol. The summed E-state index contributed by atoms with van der Waals surface area (Å²) in [4.78, 5) is 4.55. The van der Waals surface area contributed by atoms with E-state index in [1.165, 1.54) is 32.1 Å². The Bertz CT molecular complexity index is 328. The van der Waals surface area contributed by atoms with Gasteiger partial charge >= 0.3 is 0 Å². The number of hydrogen-bond donors (Lipinski definition) is 1. The molecule has 0 saturated heterocycles. The number of anilines is 1. The highest BCUT2D eigenvalue weighted by Crippen LogP contribution is 2.12. The molecule has 0 aliphatic rings. The van der Waals surface area contributed by atoms with Crippen LogP contribution in [0, 0.1) is 12.8 Å². The van der Waals surface area contributed by atoms with Crippen LogP contribution in [-0.2, 0) is 6.54 Å². The molecule has 104 valence electrons. The van der Waals surface area contributed by atoms with Crippen molar-refractivity contribution < 1.29 is 0 Å². The van der Waals surface area contributed by atoms with Crippen LogP contribution in [0.4, 0.5) is 5.95 Å². The van der Waals surface area contributed by atoms with Crippen molar-refractivity contribution in [2.24, 2.45) is 5.92 Å². The molecule has 3 heteroatoms. The summed E-state index contributed by atoms with van der Waals surface area (Å²) in [5, 5.41) is 3.44. The second kappa shape index (κ2) is 8.17. The zero-order valence-electron chi connectivity index (χ0n) is 12.5. The van der Waals surface area contributed by atoms with Gasteiger partial charge in [0.25, 0.3) is 0 Å². The van der Waals surface area contributed by atoms with Gasteiger partial charge in [0, 0.05) is 19.3 Å². The Morgan fingerprint density at radius 2 is 2.06 bits per heavy atom. The third-order valence-electron chi connectivity index (χ3n) is 3.14. The lowest BCUT2D eigenvalue weighted by atomic mass is 10.1. The smallest absolute Gasteiger partial charge is 0.203 e. The van der Waals surface area contributed by atoms with Crippen LogP contribution >= 0.6 is 0 Å². The largest absolute Gasteiger partial charge is 0.356 e. The lowest BCUT2D eigenvalue weighted by Crippen LogP contribution is -2.08. The van der Waals surface area contributed by atoms with Crippen molar-refractivity contribution in [3.05, 3.63) is 11.9 Å².